The van der Waals surface area contributed by atoms with Gasteiger partial charge < -0.3 is 22.1 Å². The quantitative estimate of drug-likeness (QED) is 0.112. The Kier molecular flexibility index (Phi) is 19.7. The van der Waals surface area contributed by atoms with Crippen LogP contribution in [0.3, 0.4) is 0 Å². The van der Waals surface area contributed by atoms with Gasteiger partial charge in [0, 0.05) is 56.3 Å². The van der Waals surface area contributed by atoms with E-state index in [4.69, 9.17) is 34.7 Å². The van der Waals surface area contributed by atoms with E-state index in [2.05, 4.69) is 31.1 Å². The first-order chi connectivity index (χ1) is 26.0. The number of carbonyl (C=O) groups excluding carboxylic acids is 4. The van der Waals surface area contributed by atoms with Crippen molar-refractivity contribution in [1.82, 2.24) is 9.80 Å². The lowest BCUT2D eigenvalue weighted by atomic mass is 9.90. The molecule has 4 aliphatic heterocycles. The van der Waals surface area contributed by atoms with Gasteiger partial charge in [0.05, 0.1) is 11.1 Å². The Morgan fingerprint density at radius 3 is 1.27 bits per heavy atom. The number of urea groups is 2. The molecule has 6 amide bonds. The summed E-state index contributed by atoms with van der Waals surface area (Å²) in [4.78, 5) is 56.2. The fraction of sp³-hybridized carbons (Fsp3) is 0.429. The zero-order valence-electron chi connectivity index (χ0n) is 29.9. The molecule has 6 heterocycles. The zero-order chi connectivity index (χ0) is 37.9. The molecule has 0 bridgehead atoms. The Bertz CT molecular complexity index is 1910. The summed E-state index contributed by atoms with van der Waals surface area (Å²) in [6.45, 7) is 3.83. The largest absolute Gasteiger partial charge is 0.365 e. The van der Waals surface area contributed by atoms with Crippen LogP contribution in [-0.4, -0.2) is 58.8 Å². The molecule has 8 rings (SSSR count). The summed E-state index contributed by atoms with van der Waals surface area (Å²) < 4.78 is 0. The molecule has 12 nitrogen and oxygen atoms in total. The summed E-state index contributed by atoms with van der Waals surface area (Å²) in [6, 6.07) is 13.8. The van der Waals surface area contributed by atoms with Crippen LogP contribution in [0.25, 0.3) is 0 Å². The molecule has 2 aromatic heterocycles. The molecule has 59 heavy (non-hydrogen) atoms. The van der Waals surface area contributed by atoms with Gasteiger partial charge >= 0.3 is 12.1 Å². The smallest absolute Gasteiger partial charge is 0.324 e. The lowest BCUT2D eigenvalue weighted by Gasteiger charge is -2.39. The van der Waals surface area contributed by atoms with Crippen LogP contribution in [0, 0.1) is 0 Å². The number of anilines is 4. The number of benzene rings is 2. The molecule has 2 fully saturated rings. The predicted octanol–water partition coefficient (Wildman–Crippen LogP) is 11.1. The molecule has 2 aromatic carbocycles. The summed E-state index contributed by atoms with van der Waals surface area (Å²) in [6.07, 6.45) is 8.82. The fourth-order valence-electron chi connectivity index (χ4n) is 7.85. The summed E-state index contributed by atoms with van der Waals surface area (Å²) in [5.74, 6) is -0.975. The minimum Gasteiger partial charge on any atom is -0.365 e. The highest BCUT2D eigenvalue weighted by molar-refractivity contribution is 7.17. The number of hydrogen-bond donors (Lipinski definition) is 6. The standard InChI is InChI=1S/2C19H21ClN4O2S.4CH4.ClH/c2*20-11-4-6-12(7-5-11)22-19(26)23-18-16(17(21)25)14-9-13-3-1-2-8-24(13)10-15(14)27-18;;;;;/h2*4-7,13H,1-3,8-10H2,(H2,21,25)(H2,22,23,26);4*1H4;1H. The topological polar surface area (TPSA) is 175 Å². The highest BCUT2D eigenvalue weighted by atomic mass is 35.5. The Morgan fingerprint density at radius 2 is 0.932 bits per heavy atom. The second-order valence-electron chi connectivity index (χ2n) is 14.0. The van der Waals surface area contributed by atoms with Gasteiger partial charge in [0.1, 0.15) is 10.0 Å². The number of nitrogens with one attached hydrogen (secondary N) is 4. The third kappa shape index (κ3) is 12.1. The molecule has 4 aromatic rings. The summed E-state index contributed by atoms with van der Waals surface area (Å²) in [5, 5.41) is 13.4. The van der Waals surface area contributed by atoms with Crippen LogP contribution in [0.4, 0.5) is 31.0 Å². The lowest BCUT2D eigenvalue weighted by Crippen LogP contribution is -2.43. The molecule has 0 spiro atoms. The van der Waals surface area contributed by atoms with Gasteiger partial charge in [-0.3, -0.25) is 30.0 Å². The van der Waals surface area contributed by atoms with Crippen LogP contribution in [-0.2, 0) is 25.9 Å². The molecule has 324 valence electrons. The van der Waals surface area contributed by atoms with E-state index >= 15 is 0 Å². The molecule has 0 radical (unpaired) electrons. The van der Waals surface area contributed by atoms with Crippen molar-refractivity contribution in [2.45, 2.75) is 106 Å². The molecule has 4 aliphatic rings. The molecule has 0 aliphatic carbocycles. The van der Waals surface area contributed by atoms with Crippen molar-refractivity contribution in [3.8, 4) is 0 Å². The first-order valence-corrected chi connectivity index (χ1v) is 20.4. The first kappa shape index (κ1) is 51.3. The number of carbonyl (C=O) groups is 4. The van der Waals surface area contributed by atoms with Crippen molar-refractivity contribution in [2.75, 3.05) is 34.4 Å². The van der Waals surface area contributed by atoms with Crippen molar-refractivity contribution >= 4 is 104 Å². The molecular weight excluding hydrogens is 851 g/mol. The Balaban J connectivity index is 0.000000375. The van der Waals surface area contributed by atoms with Gasteiger partial charge in [0.25, 0.3) is 11.8 Å². The summed E-state index contributed by atoms with van der Waals surface area (Å²) in [5.41, 5.74) is 15.5. The van der Waals surface area contributed by atoms with Crippen LogP contribution in [0.2, 0.25) is 10.0 Å². The van der Waals surface area contributed by atoms with Crippen LogP contribution >= 0.6 is 58.3 Å². The normalized spacial score (nSPS) is 17.5. The van der Waals surface area contributed by atoms with Crippen LogP contribution < -0.4 is 32.7 Å². The molecule has 17 heteroatoms. The van der Waals surface area contributed by atoms with Crippen molar-refractivity contribution in [2.24, 2.45) is 11.5 Å². The number of primary amides is 2. The Hall–Kier alpha value is -3.89. The van der Waals surface area contributed by atoms with E-state index in [1.807, 2.05) is 0 Å². The molecule has 2 saturated heterocycles. The Labute approximate surface area is 373 Å². The number of fused-ring (bicyclic) bond motifs is 4. The van der Waals surface area contributed by atoms with E-state index in [9.17, 15) is 19.2 Å². The minimum absolute atomic E-state index is 0. The number of nitrogens with two attached hydrogens (primary N) is 2. The van der Waals surface area contributed by atoms with E-state index in [1.165, 1.54) is 48.4 Å². The van der Waals surface area contributed by atoms with Gasteiger partial charge in [0.15, 0.2) is 0 Å². The Morgan fingerprint density at radius 1 is 0.576 bits per heavy atom. The maximum atomic E-state index is 12.4. The van der Waals surface area contributed by atoms with Crippen molar-refractivity contribution < 1.29 is 19.2 Å². The fourth-order valence-corrected chi connectivity index (χ4v) is 10.6. The molecule has 2 atom stereocenters. The van der Waals surface area contributed by atoms with Gasteiger partial charge in [-0.15, -0.1) is 35.1 Å². The molecule has 8 N–H and O–H groups in total. The van der Waals surface area contributed by atoms with Gasteiger partial charge in [-0.1, -0.05) is 65.8 Å². The number of thiophene rings is 2. The minimum atomic E-state index is -0.487. The van der Waals surface area contributed by atoms with E-state index in [0.29, 0.717) is 54.6 Å². The summed E-state index contributed by atoms with van der Waals surface area (Å²) in [7, 11) is 0. The molecular formula is C42H59Cl3N8O4S2. The number of piperidine rings is 2. The lowest BCUT2D eigenvalue weighted by molar-refractivity contribution is 0.0987. The second-order valence-corrected chi connectivity index (χ2v) is 17.0. The third-order valence-corrected chi connectivity index (χ3v) is 13.2. The molecule has 0 saturated carbocycles. The maximum Gasteiger partial charge on any atom is 0.324 e. The number of halogens is 3. The van der Waals surface area contributed by atoms with Crippen molar-refractivity contribution in [3.63, 3.8) is 0 Å². The highest BCUT2D eigenvalue weighted by Gasteiger charge is 2.35. The van der Waals surface area contributed by atoms with E-state index in [1.54, 1.807) is 48.5 Å². The second kappa shape index (κ2) is 22.6. The molecule has 2 unspecified atom stereocenters. The van der Waals surface area contributed by atoms with Gasteiger partial charge in [-0.2, -0.15) is 0 Å². The number of rotatable bonds is 6. The summed E-state index contributed by atoms with van der Waals surface area (Å²) >= 11 is 14.6. The monoisotopic (exact) mass is 908 g/mol. The van der Waals surface area contributed by atoms with Crippen LogP contribution in [0.15, 0.2) is 48.5 Å². The average molecular weight is 910 g/mol. The van der Waals surface area contributed by atoms with Gasteiger partial charge in [0.2, 0.25) is 0 Å². The van der Waals surface area contributed by atoms with E-state index < -0.39 is 23.9 Å². The highest BCUT2D eigenvalue weighted by Crippen LogP contribution is 2.42. The van der Waals surface area contributed by atoms with E-state index in [0.717, 1.165) is 72.7 Å². The van der Waals surface area contributed by atoms with Crippen molar-refractivity contribution in [1.29, 1.82) is 0 Å². The predicted molar refractivity (Wildman–Crippen MR) is 252 cm³/mol. The van der Waals surface area contributed by atoms with Crippen LogP contribution in [0.1, 0.15) is 110 Å². The maximum absolute atomic E-state index is 12.4. The van der Waals surface area contributed by atoms with Gasteiger partial charge in [-0.25, -0.2) is 9.59 Å². The zero-order valence-corrected chi connectivity index (χ0v) is 33.9. The SMILES string of the molecule is C.C.C.C.Cl.NC(=O)c1c(NC(=O)Nc2ccc(Cl)cc2)sc2c1CC1CCCCN1C2.NC(=O)c1c(NC(=O)Nc2ccc(Cl)cc2)sc2c1CC1CCCCN1C2. The van der Waals surface area contributed by atoms with E-state index in [-0.39, 0.29) is 42.1 Å². The average Bonchev–Trinajstić information content (AvgIpc) is 3.67. The van der Waals surface area contributed by atoms with Crippen molar-refractivity contribution in [3.05, 3.63) is 90.6 Å². The number of nitrogens with zero attached hydrogens (tertiary/aromatic N) is 2. The third-order valence-electron chi connectivity index (χ3n) is 10.4. The first-order valence-electron chi connectivity index (χ1n) is 18.1. The van der Waals surface area contributed by atoms with Gasteiger partial charge in [-0.05, 0) is 111 Å². The van der Waals surface area contributed by atoms with Crippen LogP contribution in [0.5, 0.6) is 0 Å². The number of hydrogen-bond acceptors (Lipinski definition) is 8. The number of amides is 6.